The van der Waals surface area contributed by atoms with Crippen LogP contribution in [-0.4, -0.2) is 5.97 Å². The van der Waals surface area contributed by atoms with E-state index < -0.39 is 5.97 Å². The number of carbonyl (C=O) groups is 1. The van der Waals surface area contributed by atoms with Crippen LogP contribution < -0.4 is 64.2 Å². The number of unbranched alkanes of at least 4 members (excludes halogenated alkanes) is 6. The van der Waals surface area contributed by atoms with E-state index >= 15 is 0 Å². The van der Waals surface area contributed by atoms with Crippen LogP contribution >= 0.6 is 0 Å². The molecule has 0 unspecified atom stereocenters. The molecule has 2 nitrogen and oxygen atoms in total. The Kier molecular flexibility index (Phi) is 25.1. The van der Waals surface area contributed by atoms with E-state index in [2.05, 4.69) is 6.92 Å². The van der Waals surface area contributed by atoms with E-state index in [1.54, 1.807) is 0 Å². The largest absolute Gasteiger partial charge is 1.00 e. The molecule has 0 amide bonds. The minimum atomic E-state index is -0.913. The van der Waals surface area contributed by atoms with Gasteiger partial charge in [0.15, 0.2) is 0 Å². The van der Waals surface area contributed by atoms with Crippen LogP contribution in [0.15, 0.2) is 0 Å². The molecule has 0 aliphatic heterocycles. The number of carbonyl (C=O) groups excluding carboxylic acids is 1. The van der Waals surface area contributed by atoms with Gasteiger partial charge in [-0.25, -0.2) is 0 Å². The summed E-state index contributed by atoms with van der Waals surface area (Å²) < 4.78 is 0. The van der Waals surface area contributed by atoms with Gasteiger partial charge in [0, 0.05) is 5.97 Å². The van der Waals surface area contributed by atoms with Crippen molar-refractivity contribution < 1.29 is 70.4 Å². The summed E-state index contributed by atoms with van der Waals surface area (Å²) in [7, 11) is 0. The molecule has 0 aliphatic rings. The molecule has 0 radical (unpaired) electrons. The molecule has 0 bridgehead atoms. The fraction of sp³-hybridized carbons (Fsp3) is 0.900. The van der Waals surface area contributed by atoms with Crippen LogP contribution in [0.5, 0.6) is 0 Å². The zero-order chi connectivity index (χ0) is 9.23. The molecule has 0 saturated carbocycles. The quantitative estimate of drug-likeness (QED) is 0.308. The molecule has 0 atom stereocenters. The van der Waals surface area contributed by atoms with E-state index in [4.69, 9.17) is 0 Å². The number of aliphatic carboxylic acids is 1. The molecule has 0 aliphatic carbocycles. The van der Waals surface area contributed by atoms with Crippen LogP contribution in [0, 0.1) is 0 Å². The molecule has 0 N–H and O–H groups in total. The van der Waals surface area contributed by atoms with E-state index in [0.717, 1.165) is 12.8 Å². The van der Waals surface area contributed by atoms with Crippen molar-refractivity contribution in [2.75, 3.05) is 0 Å². The minimum absolute atomic E-state index is 0. The maximum absolute atomic E-state index is 10.0. The second-order valence-electron chi connectivity index (χ2n) is 3.24. The monoisotopic (exact) mass is 218 g/mol. The first-order chi connectivity index (χ1) is 5.77. The van der Waals surface area contributed by atoms with Crippen molar-refractivity contribution in [3.63, 3.8) is 0 Å². The van der Waals surface area contributed by atoms with E-state index in [1.165, 1.54) is 32.1 Å². The van der Waals surface area contributed by atoms with E-state index in [9.17, 15) is 9.90 Å². The van der Waals surface area contributed by atoms with E-state index in [1.807, 2.05) is 0 Å². The Labute approximate surface area is 133 Å². The first-order valence-corrected chi connectivity index (χ1v) is 4.97. The van der Waals surface area contributed by atoms with Crippen LogP contribution in [0.3, 0.4) is 0 Å². The summed E-state index contributed by atoms with van der Waals surface area (Å²) in [6.07, 6.45) is 8.34. The predicted octanol–water partition coefficient (Wildman–Crippen LogP) is -4.00. The van der Waals surface area contributed by atoms with Crippen molar-refractivity contribution in [3.05, 3.63) is 0 Å². The van der Waals surface area contributed by atoms with Crippen molar-refractivity contribution in [1.29, 1.82) is 0 Å². The zero-order valence-electron chi connectivity index (χ0n) is 11.0. The van der Waals surface area contributed by atoms with Crippen molar-refractivity contribution in [2.24, 2.45) is 0 Å². The molecule has 0 saturated heterocycles. The summed E-state index contributed by atoms with van der Waals surface area (Å²) in [6, 6.07) is 0. The molecular formula is C10H20Na2O2. The number of carboxylic acid groups (broad SMARTS) is 1. The normalized spacial score (nSPS) is 8.64. The van der Waals surface area contributed by atoms with Gasteiger partial charge in [-0.2, -0.15) is 0 Å². The molecule has 0 fully saturated rings. The van der Waals surface area contributed by atoms with Gasteiger partial charge in [-0.3, -0.25) is 0 Å². The van der Waals surface area contributed by atoms with Crippen LogP contribution in [0.2, 0.25) is 0 Å². The summed E-state index contributed by atoms with van der Waals surface area (Å²) in [6.45, 7) is 2.19. The van der Waals surface area contributed by atoms with Crippen LogP contribution in [-0.2, 0) is 4.79 Å². The van der Waals surface area contributed by atoms with Gasteiger partial charge < -0.3 is 11.3 Å². The maximum atomic E-state index is 10.0. The van der Waals surface area contributed by atoms with E-state index in [-0.39, 0.29) is 67.0 Å². The third-order valence-electron chi connectivity index (χ3n) is 1.98. The third kappa shape index (κ3) is 19.1. The average molecular weight is 218 g/mol. The SMILES string of the molecule is CCCCCCCCCC(=O)[O-].[H-].[Na+].[Na+]. The molecule has 4 heteroatoms. The Morgan fingerprint density at radius 1 is 1.00 bits per heavy atom. The van der Waals surface area contributed by atoms with Crippen molar-refractivity contribution in [2.45, 2.75) is 58.3 Å². The van der Waals surface area contributed by atoms with Gasteiger partial charge >= 0.3 is 59.1 Å². The fourth-order valence-corrected chi connectivity index (χ4v) is 1.23. The summed E-state index contributed by atoms with van der Waals surface area (Å²) in [5, 5.41) is 10.0. The Morgan fingerprint density at radius 2 is 1.43 bits per heavy atom. The van der Waals surface area contributed by atoms with Crippen molar-refractivity contribution in [3.8, 4) is 0 Å². The van der Waals surface area contributed by atoms with Crippen LogP contribution in [0.1, 0.15) is 59.7 Å². The first kappa shape index (κ1) is 20.8. The second kappa shape index (κ2) is 16.9. The topological polar surface area (TPSA) is 40.1 Å². The Bertz CT molecular complexity index is 124. The van der Waals surface area contributed by atoms with Gasteiger partial charge in [-0.1, -0.05) is 45.4 Å². The molecule has 0 spiro atoms. The number of hydrogen-bond donors (Lipinski definition) is 0. The van der Waals surface area contributed by atoms with Crippen molar-refractivity contribution >= 4 is 5.97 Å². The minimum Gasteiger partial charge on any atom is -1.00 e. The van der Waals surface area contributed by atoms with Crippen LogP contribution in [0.4, 0.5) is 0 Å². The molecule has 0 aromatic carbocycles. The Morgan fingerprint density at radius 3 is 1.86 bits per heavy atom. The smallest absolute Gasteiger partial charge is 1.00 e. The summed E-state index contributed by atoms with van der Waals surface area (Å²) in [4.78, 5) is 10.0. The zero-order valence-corrected chi connectivity index (χ0v) is 14.0. The van der Waals surface area contributed by atoms with E-state index in [0.29, 0.717) is 0 Å². The molecule has 0 aromatic heterocycles. The Balaban J connectivity index is -0.000000202. The van der Waals surface area contributed by atoms with Gasteiger partial charge in [-0.05, 0) is 12.8 Å². The predicted molar refractivity (Wildman–Crippen MR) is 48.7 cm³/mol. The Hall–Kier alpha value is 1.47. The fourth-order valence-electron chi connectivity index (χ4n) is 1.23. The van der Waals surface area contributed by atoms with Gasteiger partial charge in [0.05, 0.1) is 0 Å². The first-order valence-electron chi connectivity index (χ1n) is 4.97. The number of rotatable bonds is 8. The standard InChI is InChI=1S/C10H20O2.2Na.H/c1-2-3-4-5-6-7-8-9-10(11)12;;;/h2-9H2,1H3,(H,11,12);;;/q;2*+1;-1/p-1. The van der Waals surface area contributed by atoms with Gasteiger partial charge in [0.2, 0.25) is 0 Å². The summed E-state index contributed by atoms with van der Waals surface area (Å²) in [5.41, 5.74) is 0. The molecule has 0 heterocycles. The molecule has 0 rings (SSSR count). The van der Waals surface area contributed by atoms with Gasteiger partial charge in [0.25, 0.3) is 0 Å². The van der Waals surface area contributed by atoms with Crippen LogP contribution in [0.25, 0.3) is 0 Å². The summed E-state index contributed by atoms with van der Waals surface area (Å²) in [5.74, 6) is -0.913. The molecule has 0 aromatic rings. The molecule has 14 heavy (non-hydrogen) atoms. The average Bonchev–Trinajstić information content (AvgIpc) is 2.02. The molecular weight excluding hydrogens is 198 g/mol. The maximum Gasteiger partial charge on any atom is 1.00 e. The molecule has 74 valence electrons. The third-order valence-corrected chi connectivity index (χ3v) is 1.98. The van der Waals surface area contributed by atoms with Gasteiger partial charge in [-0.15, -0.1) is 0 Å². The number of carboxylic acids is 1. The van der Waals surface area contributed by atoms with Crippen molar-refractivity contribution in [1.82, 2.24) is 0 Å². The van der Waals surface area contributed by atoms with Gasteiger partial charge in [0.1, 0.15) is 0 Å². The second-order valence-corrected chi connectivity index (χ2v) is 3.24. The number of hydrogen-bond acceptors (Lipinski definition) is 2. The summed E-state index contributed by atoms with van der Waals surface area (Å²) >= 11 is 0.